The minimum Gasteiger partial charge on any atom is -0.497 e. The van der Waals surface area contributed by atoms with Gasteiger partial charge in [0.25, 0.3) is 0 Å². The summed E-state index contributed by atoms with van der Waals surface area (Å²) in [6.07, 6.45) is 5.29. The molecule has 8 rings (SSSR count). The predicted molar refractivity (Wildman–Crippen MR) is 299 cm³/mol. The molecule has 2 aromatic heterocycles. The highest BCUT2D eigenvalue weighted by atomic mass is 32.2. The Morgan fingerprint density at radius 1 is 0.631 bits per heavy atom. The molecule has 4 aliphatic rings. The number of carbonyl (C=O) groups is 6. The average molecular weight is 1200 g/mol. The van der Waals surface area contributed by atoms with Gasteiger partial charge in [-0.2, -0.15) is 10.5 Å². The predicted octanol–water partition coefficient (Wildman–Crippen LogP) is 5.30. The Labute approximate surface area is 486 Å². The monoisotopic (exact) mass is 1200 g/mol. The van der Waals surface area contributed by atoms with Crippen LogP contribution in [0.4, 0.5) is 20.4 Å². The zero-order valence-corrected chi connectivity index (χ0v) is 48.5. The lowest BCUT2D eigenvalue weighted by molar-refractivity contribution is -0.134. The van der Waals surface area contributed by atoms with E-state index in [0.717, 1.165) is 37.8 Å². The van der Waals surface area contributed by atoms with Gasteiger partial charge in [-0.1, -0.05) is 18.2 Å². The number of ether oxygens (including phenoxy) is 3. The zero-order chi connectivity index (χ0) is 60.7. The molecule has 0 aliphatic carbocycles. The largest absolute Gasteiger partial charge is 0.497 e. The van der Waals surface area contributed by atoms with Crippen LogP contribution in [0, 0.1) is 46.1 Å². The van der Waals surface area contributed by atoms with Gasteiger partial charge in [-0.15, -0.1) is 0 Å². The minimum atomic E-state index is -4.24. The number of aromatic nitrogens is 2. The number of nitriles is 2. The van der Waals surface area contributed by atoms with Crippen molar-refractivity contribution < 1.29 is 68.6 Å². The molecule has 2 N–H and O–H groups in total. The number of carbonyl (C=O) groups excluding carboxylic acids is 6. The molecule has 4 fully saturated rings. The van der Waals surface area contributed by atoms with Crippen LogP contribution < -0.4 is 24.0 Å². The number of amides is 4. The number of halogens is 2. The molecule has 23 nitrogen and oxygen atoms in total. The van der Waals surface area contributed by atoms with E-state index < -0.39 is 73.0 Å². The summed E-state index contributed by atoms with van der Waals surface area (Å²) in [5.41, 5.74) is 1.46. The van der Waals surface area contributed by atoms with E-state index in [2.05, 4.69) is 21.8 Å². The molecule has 4 aliphatic heterocycles. The van der Waals surface area contributed by atoms with Crippen LogP contribution in [0.5, 0.6) is 5.75 Å². The number of methoxy groups -OCH3 is 1. The van der Waals surface area contributed by atoms with Crippen molar-refractivity contribution >= 4 is 67.2 Å². The number of nitrogens with zero attached hydrogens (tertiary/aromatic N) is 8. The number of hydrogen-bond acceptors (Lipinski definition) is 19. The summed E-state index contributed by atoms with van der Waals surface area (Å²) in [6, 6.07) is 16.1. The van der Waals surface area contributed by atoms with Gasteiger partial charge in [0.1, 0.15) is 41.2 Å². The number of anilines is 2. The van der Waals surface area contributed by atoms with Crippen molar-refractivity contribution in [1.29, 1.82) is 10.5 Å². The van der Waals surface area contributed by atoms with E-state index in [9.17, 15) is 64.9 Å². The fourth-order valence-corrected chi connectivity index (χ4v) is 12.6. The lowest BCUT2D eigenvalue weighted by Crippen LogP contribution is -2.43. The molecule has 84 heavy (non-hydrogen) atoms. The zero-order valence-electron chi connectivity index (χ0n) is 46.9. The van der Waals surface area contributed by atoms with Gasteiger partial charge in [0.2, 0.25) is 43.7 Å². The highest BCUT2D eigenvalue weighted by molar-refractivity contribution is 7.89. The third-order valence-corrected chi connectivity index (χ3v) is 17.1. The number of esters is 2. The summed E-state index contributed by atoms with van der Waals surface area (Å²) < 4.78 is 97.0. The van der Waals surface area contributed by atoms with Crippen LogP contribution in [-0.2, 0) is 73.3 Å². The number of hydrogen-bond donors (Lipinski definition) is 2. The first-order chi connectivity index (χ1) is 40.1. The molecular formula is C57H66F2N10O13S2. The van der Waals surface area contributed by atoms with Crippen molar-refractivity contribution in [3.05, 3.63) is 111 Å². The Hall–Kier alpha value is -8.30. The maximum Gasteiger partial charge on any atom is 0.340 e. The highest BCUT2D eigenvalue weighted by Crippen LogP contribution is 2.31. The minimum absolute atomic E-state index is 0.0162. The Bertz CT molecular complexity index is 3430. The molecule has 0 atom stereocenters. The Morgan fingerprint density at radius 2 is 1.07 bits per heavy atom. The van der Waals surface area contributed by atoms with Crippen LogP contribution in [0.1, 0.15) is 132 Å². The van der Waals surface area contributed by atoms with Crippen molar-refractivity contribution in [2.75, 3.05) is 69.4 Å². The molecule has 2 aromatic carbocycles. The van der Waals surface area contributed by atoms with E-state index in [0.29, 0.717) is 92.3 Å². The van der Waals surface area contributed by atoms with Crippen LogP contribution in [0.3, 0.4) is 0 Å². The van der Waals surface area contributed by atoms with Gasteiger partial charge in [0.15, 0.2) is 0 Å². The Kier molecular flexibility index (Phi) is 21.7. The number of pyridine rings is 2. The summed E-state index contributed by atoms with van der Waals surface area (Å²) in [7, 11) is -6.63. The van der Waals surface area contributed by atoms with Gasteiger partial charge < -0.3 is 33.8 Å². The molecule has 4 amide bonds. The second-order valence-electron chi connectivity index (χ2n) is 20.5. The lowest BCUT2D eigenvalue weighted by Gasteiger charge is -2.33. The van der Waals surface area contributed by atoms with Crippen molar-refractivity contribution in [1.82, 2.24) is 29.2 Å². The molecule has 4 saturated heterocycles. The summed E-state index contributed by atoms with van der Waals surface area (Å²) >= 11 is 0. The quantitative estimate of drug-likeness (QED) is 0.113. The molecule has 0 unspecified atom stereocenters. The first kappa shape index (κ1) is 63.3. The average Bonchev–Trinajstić information content (AvgIpc) is 3.64. The lowest BCUT2D eigenvalue weighted by atomic mass is 9.96. The summed E-state index contributed by atoms with van der Waals surface area (Å²) in [4.78, 5) is 92.3. The van der Waals surface area contributed by atoms with Crippen LogP contribution in [0.25, 0.3) is 0 Å². The number of benzene rings is 2. The van der Waals surface area contributed by atoms with Gasteiger partial charge in [-0.25, -0.2) is 45.2 Å². The summed E-state index contributed by atoms with van der Waals surface area (Å²) in [5.74, 6) is -5.64. The molecule has 0 saturated carbocycles. The number of likely N-dealkylation sites (tertiary alicyclic amines) is 2. The van der Waals surface area contributed by atoms with Gasteiger partial charge in [0.05, 0.1) is 78.6 Å². The fraction of sp³-hybridized carbons (Fsp3) is 0.474. The van der Waals surface area contributed by atoms with Crippen LogP contribution in [0.15, 0.2) is 54.6 Å². The number of sulfonamides is 2. The molecule has 0 radical (unpaired) electrons. The number of rotatable bonds is 19. The van der Waals surface area contributed by atoms with Gasteiger partial charge in [-0.05, 0) is 101 Å². The normalized spacial score (nSPS) is 16.1. The first-order valence-corrected chi connectivity index (χ1v) is 30.9. The Morgan fingerprint density at radius 3 is 1.46 bits per heavy atom. The Balaban J connectivity index is 0.000000241. The van der Waals surface area contributed by atoms with E-state index in [4.69, 9.17) is 19.2 Å². The first-order valence-electron chi connectivity index (χ1n) is 27.6. The molecule has 27 heteroatoms. The maximum absolute atomic E-state index is 13.9. The number of piperidine rings is 4. The highest BCUT2D eigenvalue weighted by Gasteiger charge is 2.34. The summed E-state index contributed by atoms with van der Waals surface area (Å²) in [6.45, 7) is 6.10. The molecule has 0 spiro atoms. The van der Waals surface area contributed by atoms with E-state index >= 15 is 0 Å². The second kappa shape index (κ2) is 28.8. The van der Waals surface area contributed by atoms with Gasteiger partial charge in [-0.3, -0.25) is 28.6 Å². The SMILES string of the molecule is CCOC(=O)c1cc(C#N)c(N2CCC(C(=O)NS(=O)(=O)Cc3ccc(F)cc3F)CC2)nc1CN1CCCCC1=O.CCOC(=O)c1cc(C#N)c(N2CCC(C(=O)NS(=O)(=O)Cc3ccc(OC)cc3)CC2)nc1CN1CCCCC1=O. The van der Waals surface area contributed by atoms with E-state index in [1.807, 2.05) is 9.62 Å². The van der Waals surface area contributed by atoms with Crippen molar-refractivity contribution in [2.45, 2.75) is 103 Å². The van der Waals surface area contributed by atoms with Gasteiger partial charge in [0, 0.05) is 75.6 Å². The molecule has 448 valence electrons. The van der Waals surface area contributed by atoms with Crippen LogP contribution >= 0.6 is 0 Å². The third kappa shape index (κ3) is 16.7. The third-order valence-electron chi connectivity index (χ3n) is 14.6. The standard InChI is InChI=1S/C29H35N5O7S.C28H31F2N5O6S/c1-3-41-29(37)24-16-22(17-30)27(31-25(24)18-34-13-5-4-6-26(34)35)33-14-11-21(12-15-33)28(36)32-42(38,39)19-20-7-9-23(40-2)10-8-20;1-2-41-28(38)22-13-20(15-31)26(32-24(22)16-35-10-4-3-5-25(35)36)34-11-8-18(9-12-34)27(37)33-42(39,40)17-19-6-7-21(29)14-23(19)30/h7-10,16,21H,3-6,11-15,18-19H2,1-2H3,(H,32,36);6-7,13-14,18H,2-5,8-12,16-17H2,1H3,(H,33,37). The van der Waals surface area contributed by atoms with E-state index in [-0.39, 0.29) is 97.6 Å². The number of nitrogens with one attached hydrogen (secondary N) is 2. The topological polar surface area (TPSA) is 309 Å². The van der Waals surface area contributed by atoms with E-state index in [1.54, 1.807) is 52.8 Å². The molecular weight excluding hydrogens is 1130 g/mol. The second-order valence-corrected chi connectivity index (χ2v) is 23.9. The van der Waals surface area contributed by atoms with Crippen molar-refractivity contribution in [3.8, 4) is 17.9 Å². The van der Waals surface area contributed by atoms with Gasteiger partial charge >= 0.3 is 11.9 Å². The molecule has 6 heterocycles. The van der Waals surface area contributed by atoms with E-state index in [1.165, 1.54) is 19.2 Å². The molecule has 4 aromatic rings. The van der Waals surface area contributed by atoms with Crippen LogP contribution in [-0.4, -0.2) is 132 Å². The summed E-state index contributed by atoms with van der Waals surface area (Å²) in [5, 5.41) is 19.7. The van der Waals surface area contributed by atoms with Crippen molar-refractivity contribution in [2.24, 2.45) is 11.8 Å². The van der Waals surface area contributed by atoms with Crippen molar-refractivity contribution in [3.63, 3.8) is 0 Å². The smallest absolute Gasteiger partial charge is 0.340 e. The fourth-order valence-electron chi connectivity index (χ4n) is 10.2. The maximum atomic E-state index is 13.9. The van der Waals surface area contributed by atoms with Crippen LogP contribution in [0.2, 0.25) is 0 Å². The molecule has 0 bridgehead atoms.